The van der Waals surface area contributed by atoms with Gasteiger partial charge in [-0.3, -0.25) is 0 Å². The Balaban J connectivity index is 2.28. The molecule has 1 nitrogen and oxygen atoms in total. The molecule has 1 rings (SSSR count). The van der Waals surface area contributed by atoms with E-state index in [1.165, 1.54) is 5.56 Å². The molecule has 0 saturated heterocycles. The van der Waals surface area contributed by atoms with E-state index in [4.69, 9.17) is 4.74 Å². The smallest absolute Gasteiger partial charge is 0.0979 e. The molecule has 0 spiro atoms. The van der Waals surface area contributed by atoms with Gasteiger partial charge in [0.15, 0.2) is 0 Å². The van der Waals surface area contributed by atoms with E-state index < -0.39 is 0 Å². The molecule has 0 aliphatic carbocycles. The molecule has 0 atom stereocenters. The Labute approximate surface area is 80.9 Å². The van der Waals surface area contributed by atoms with Crippen molar-refractivity contribution < 1.29 is 4.74 Å². The third-order valence-electron chi connectivity index (χ3n) is 1.46. The maximum absolute atomic E-state index is 5.22. The molecule has 0 amide bonds. The van der Waals surface area contributed by atoms with Gasteiger partial charge in [-0.05, 0) is 12.0 Å². The van der Waals surface area contributed by atoms with Gasteiger partial charge in [0.25, 0.3) is 0 Å². The molecule has 11 heavy (non-hydrogen) atoms. The summed E-state index contributed by atoms with van der Waals surface area (Å²) >= 11 is 2.21. The van der Waals surface area contributed by atoms with Gasteiger partial charge in [0.2, 0.25) is 0 Å². The minimum atomic E-state index is 0.782. The van der Waals surface area contributed by atoms with Gasteiger partial charge in [0.05, 0.1) is 11.2 Å². The van der Waals surface area contributed by atoms with Gasteiger partial charge in [-0.2, -0.15) is 0 Å². The van der Waals surface area contributed by atoms with Crippen LogP contribution in [0.15, 0.2) is 30.3 Å². The van der Waals surface area contributed by atoms with Crippen LogP contribution in [0, 0.1) is 0 Å². The first-order chi connectivity index (χ1) is 5.43. The molecule has 0 N–H and O–H groups in total. The third-order valence-corrected chi connectivity index (χ3v) is 1.90. The van der Waals surface area contributed by atoms with Crippen LogP contribution in [0.25, 0.3) is 0 Å². The van der Waals surface area contributed by atoms with Crippen molar-refractivity contribution in [1.82, 2.24) is 0 Å². The maximum atomic E-state index is 5.22. The minimum Gasteiger partial charge on any atom is -0.371 e. The second-order valence-electron chi connectivity index (χ2n) is 2.25. The van der Waals surface area contributed by atoms with Crippen molar-refractivity contribution in [2.45, 2.75) is 6.42 Å². The zero-order chi connectivity index (χ0) is 7.94. The highest BCUT2D eigenvalue weighted by atomic mass is 127. The fourth-order valence-corrected chi connectivity index (χ4v) is 1.20. The number of rotatable bonds is 4. The molecular weight excluding hydrogens is 251 g/mol. The number of ether oxygens (including phenoxy) is 1. The lowest BCUT2D eigenvalue weighted by molar-refractivity contribution is 0.194. The van der Waals surface area contributed by atoms with Crippen LogP contribution in [0.1, 0.15) is 5.56 Å². The maximum Gasteiger partial charge on any atom is 0.0979 e. The van der Waals surface area contributed by atoms with Crippen LogP contribution in [0.3, 0.4) is 0 Å². The molecule has 0 saturated carbocycles. The SMILES string of the molecule is ICOCCc1ccccc1. The highest BCUT2D eigenvalue weighted by Crippen LogP contribution is 1.99. The molecule has 0 aromatic heterocycles. The van der Waals surface area contributed by atoms with E-state index in [9.17, 15) is 0 Å². The molecule has 0 bridgehead atoms. The number of hydrogen-bond donors (Lipinski definition) is 0. The van der Waals surface area contributed by atoms with E-state index in [0.29, 0.717) is 0 Å². The van der Waals surface area contributed by atoms with Crippen LogP contribution in [0.2, 0.25) is 0 Å². The summed E-state index contributed by atoms with van der Waals surface area (Å²) in [5, 5.41) is 0. The number of alkyl halides is 1. The number of benzene rings is 1. The summed E-state index contributed by atoms with van der Waals surface area (Å²) in [6.45, 7) is 0.826. The van der Waals surface area contributed by atoms with Crippen LogP contribution in [-0.2, 0) is 11.2 Å². The normalized spacial score (nSPS) is 9.91. The van der Waals surface area contributed by atoms with E-state index in [0.717, 1.165) is 17.6 Å². The monoisotopic (exact) mass is 262 g/mol. The van der Waals surface area contributed by atoms with Crippen molar-refractivity contribution >= 4 is 22.6 Å². The van der Waals surface area contributed by atoms with E-state index in [2.05, 4.69) is 46.9 Å². The van der Waals surface area contributed by atoms with E-state index in [1.807, 2.05) is 6.07 Å². The lowest BCUT2D eigenvalue weighted by Crippen LogP contribution is -1.95. The van der Waals surface area contributed by atoms with Crippen LogP contribution in [-0.4, -0.2) is 11.2 Å². The summed E-state index contributed by atoms with van der Waals surface area (Å²) in [5.41, 5.74) is 1.34. The van der Waals surface area contributed by atoms with Crippen LogP contribution in [0.4, 0.5) is 0 Å². The fourth-order valence-electron chi connectivity index (χ4n) is 0.889. The first-order valence-electron chi connectivity index (χ1n) is 3.61. The second kappa shape index (κ2) is 5.55. The van der Waals surface area contributed by atoms with Crippen molar-refractivity contribution in [3.8, 4) is 0 Å². The predicted octanol–water partition coefficient (Wildman–Crippen LogP) is 2.64. The summed E-state index contributed by atoms with van der Waals surface area (Å²) in [6.07, 6.45) is 1.02. The lowest BCUT2D eigenvalue weighted by Gasteiger charge is -1.99. The largest absolute Gasteiger partial charge is 0.371 e. The second-order valence-corrected chi connectivity index (χ2v) is 2.88. The average molecular weight is 262 g/mol. The van der Waals surface area contributed by atoms with Crippen molar-refractivity contribution in [3.05, 3.63) is 35.9 Å². The Morgan fingerprint density at radius 1 is 1.18 bits per heavy atom. The van der Waals surface area contributed by atoms with Crippen LogP contribution < -0.4 is 0 Å². The molecule has 1 aromatic rings. The quantitative estimate of drug-likeness (QED) is 0.460. The van der Waals surface area contributed by atoms with Gasteiger partial charge in [0, 0.05) is 0 Å². The predicted molar refractivity (Wildman–Crippen MR) is 55.0 cm³/mol. The molecule has 1 aromatic carbocycles. The van der Waals surface area contributed by atoms with Crippen LogP contribution >= 0.6 is 22.6 Å². The summed E-state index contributed by atoms with van der Waals surface area (Å²) in [6, 6.07) is 10.4. The Morgan fingerprint density at radius 2 is 1.91 bits per heavy atom. The number of halogens is 1. The minimum absolute atomic E-state index is 0.782. The van der Waals surface area contributed by atoms with Gasteiger partial charge in [-0.25, -0.2) is 0 Å². The highest BCUT2D eigenvalue weighted by Gasteiger charge is 1.89. The lowest BCUT2D eigenvalue weighted by atomic mass is 10.2. The van der Waals surface area contributed by atoms with Crippen LogP contribution in [0.5, 0.6) is 0 Å². The van der Waals surface area contributed by atoms with Gasteiger partial charge in [-0.15, -0.1) is 0 Å². The van der Waals surface area contributed by atoms with Gasteiger partial charge in [0.1, 0.15) is 0 Å². The standard InChI is InChI=1S/C9H11IO/c10-8-11-7-6-9-4-2-1-3-5-9/h1-5H,6-8H2. The summed E-state index contributed by atoms with van der Waals surface area (Å²) < 4.78 is 6.01. The topological polar surface area (TPSA) is 9.23 Å². The molecule has 2 heteroatoms. The van der Waals surface area contributed by atoms with E-state index in [1.54, 1.807) is 0 Å². The zero-order valence-electron chi connectivity index (χ0n) is 6.29. The fraction of sp³-hybridized carbons (Fsp3) is 0.333. The first kappa shape index (κ1) is 9.00. The van der Waals surface area contributed by atoms with Gasteiger partial charge >= 0.3 is 0 Å². The number of hydrogen-bond acceptors (Lipinski definition) is 1. The Kier molecular flexibility index (Phi) is 4.54. The molecule has 0 unspecified atom stereocenters. The summed E-state index contributed by atoms with van der Waals surface area (Å²) in [7, 11) is 0. The van der Waals surface area contributed by atoms with Crippen molar-refractivity contribution in [3.63, 3.8) is 0 Å². The highest BCUT2D eigenvalue weighted by molar-refractivity contribution is 14.1. The molecule has 0 heterocycles. The molecule has 0 fully saturated rings. The van der Waals surface area contributed by atoms with Crippen molar-refractivity contribution in [2.24, 2.45) is 0 Å². The van der Waals surface area contributed by atoms with Gasteiger partial charge in [-0.1, -0.05) is 52.9 Å². The third kappa shape index (κ3) is 3.72. The van der Waals surface area contributed by atoms with Crippen molar-refractivity contribution in [1.29, 1.82) is 0 Å². The van der Waals surface area contributed by atoms with E-state index in [-0.39, 0.29) is 0 Å². The Bertz CT molecular complexity index is 186. The molecule has 0 aliphatic heterocycles. The Hall–Kier alpha value is -0.0900. The average Bonchev–Trinajstić information content (AvgIpc) is 2.07. The summed E-state index contributed by atoms with van der Waals surface area (Å²) in [4.78, 5) is 0. The molecule has 60 valence electrons. The molecule has 0 radical (unpaired) electrons. The Morgan fingerprint density at radius 3 is 2.55 bits per heavy atom. The van der Waals surface area contributed by atoms with Crippen molar-refractivity contribution in [2.75, 3.05) is 11.2 Å². The van der Waals surface area contributed by atoms with E-state index >= 15 is 0 Å². The molecule has 0 aliphatic rings. The first-order valence-corrected chi connectivity index (χ1v) is 5.13. The van der Waals surface area contributed by atoms with Gasteiger partial charge < -0.3 is 4.74 Å². The molecular formula is C9H11IO. The summed E-state index contributed by atoms with van der Waals surface area (Å²) in [5.74, 6) is 0. The zero-order valence-corrected chi connectivity index (χ0v) is 8.45.